The minimum Gasteiger partial charge on any atom is -0.326 e. The van der Waals surface area contributed by atoms with Crippen LogP contribution in [0.4, 0.5) is 11.4 Å². The first-order chi connectivity index (χ1) is 12.0. The average molecular weight is 337 g/mol. The Morgan fingerprint density at radius 1 is 1.24 bits per heavy atom. The zero-order valence-corrected chi connectivity index (χ0v) is 13.4. The Bertz CT molecular complexity index is 935. The highest BCUT2D eigenvalue weighted by Gasteiger charge is 2.10. The van der Waals surface area contributed by atoms with Crippen LogP contribution >= 0.6 is 0 Å². The fraction of sp³-hybridized carbons (Fsp3) is 0.118. The number of carbonyl (C=O) groups is 1. The molecule has 0 saturated heterocycles. The first kappa shape index (κ1) is 16.3. The third-order valence-electron chi connectivity index (χ3n) is 3.49. The van der Waals surface area contributed by atoms with E-state index in [4.69, 9.17) is 0 Å². The molecule has 1 aromatic heterocycles. The Kier molecular flexibility index (Phi) is 4.51. The second-order valence-electron chi connectivity index (χ2n) is 5.48. The van der Waals surface area contributed by atoms with Crippen molar-refractivity contribution in [3.8, 4) is 11.4 Å². The number of rotatable bonds is 5. The summed E-state index contributed by atoms with van der Waals surface area (Å²) in [5.74, 6) is 0.992. The monoisotopic (exact) mass is 337 g/mol. The molecule has 126 valence electrons. The minimum atomic E-state index is -0.482. The number of aromatic amines is 1. The molecule has 0 atom stereocenters. The van der Waals surface area contributed by atoms with Crippen molar-refractivity contribution >= 4 is 17.3 Å². The highest BCUT2D eigenvalue weighted by molar-refractivity contribution is 5.92. The number of H-pyrrole nitrogens is 1. The van der Waals surface area contributed by atoms with Gasteiger partial charge in [-0.05, 0) is 24.6 Å². The average Bonchev–Trinajstić information content (AvgIpc) is 3.02. The Labute approximate surface area is 143 Å². The van der Waals surface area contributed by atoms with Crippen LogP contribution < -0.4 is 5.32 Å². The Morgan fingerprint density at radius 3 is 2.76 bits per heavy atom. The molecular weight excluding hydrogens is 322 g/mol. The topological polar surface area (TPSA) is 114 Å². The Hall–Kier alpha value is -3.55. The lowest BCUT2D eigenvalue weighted by molar-refractivity contribution is -0.384. The van der Waals surface area contributed by atoms with Crippen LogP contribution in [0.5, 0.6) is 0 Å². The molecule has 1 amide bonds. The number of benzene rings is 2. The number of nitrogens with zero attached hydrogens (tertiary/aromatic N) is 3. The summed E-state index contributed by atoms with van der Waals surface area (Å²) in [6, 6.07) is 13.2. The molecule has 0 radical (unpaired) electrons. The molecule has 2 aromatic carbocycles. The van der Waals surface area contributed by atoms with Gasteiger partial charge in [-0.1, -0.05) is 24.3 Å². The predicted molar refractivity (Wildman–Crippen MR) is 92.0 cm³/mol. The molecule has 0 saturated carbocycles. The fourth-order valence-electron chi connectivity index (χ4n) is 2.38. The van der Waals surface area contributed by atoms with E-state index in [0.29, 0.717) is 22.9 Å². The van der Waals surface area contributed by atoms with E-state index in [1.807, 2.05) is 6.07 Å². The molecule has 0 aliphatic heterocycles. The molecule has 3 aromatic rings. The summed E-state index contributed by atoms with van der Waals surface area (Å²) in [6.07, 6.45) is 0.0473. The van der Waals surface area contributed by atoms with Crippen LogP contribution in [0.2, 0.25) is 0 Å². The number of aryl methyl sites for hydroxylation is 1. The fourth-order valence-corrected chi connectivity index (χ4v) is 2.38. The van der Waals surface area contributed by atoms with Gasteiger partial charge in [0, 0.05) is 23.4 Å². The summed E-state index contributed by atoms with van der Waals surface area (Å²) in [7, 11) is 0. The van der Waals surface area contributed by atoms with E-state index in [0.717, 1.165) is 5.56 Å². The van der Waals surface area contributed by atoms with Crippen LogP contribution in [0, 0.1) is 17.0 Å². The number of carbonyl (C=O) groups excluding carboxylic acids is 1. The van der Waals surface area contributed by atoms with Gasteiger partial charge in [-0.2, -0.15) is 5.10 Å². The van der Waals surface area contributed by atoms with Gasteiger partial charge >= 0.3 is 0 Å². The van der Waals surface area contributed by atoms with Gasteiger partial charge in [-0.15, -0.1) is 0 Å². The first-order valence-corrected chi connectivity index (χ1v) is 7.54. The van der Waals surface area contributed by atoms with Gasteiger partial charge < -0.3 is 5.32 Å². The molecule has 0 fully saturated rings. The van der Waals surface area contributed by atoms with Crippen molar-refractivity contribution in [2.45, 2.75) is 13.3 Å². The van der Waals surface area contributed by atoms with Gasteiger partial charge in [0.1, 0.15) is 5.82 Å². The van der Waals surface area contributed by atoms with Gasteiger partial charge in [0.15, 0.2) is 5.82 Å². The number of nitro groups is 1. The summed E-state index contributed by atoms with van der Waals surface area (Å²) in [4.78, 5) is 26.8. The highest BCUT2D eigenvalue weighted by Crippen LogP contribution is 2.20. The maximum absolute atomic E-state index is 12.2. The number of hydrogen-bond donors (Lipinski definition) is 2. The number of amides is 1. The molecule has 8 nitrogen and oxygen atoms in total. The van der Waals surface area contributed by atoms with Crippen molar-refractivity contribution in [3.05, 3.63) is 70.0 Å². The predicted octanol–water partition coefficient (Wildman–Crippen LogP) is 2.87. The smallest absolute Gasteiger partial charge is 0.269 e. The third kappa shape index (κ3) is 4.05. The summed E-state index contributed by atoms with van der Waals surface area (Å²) in [6.45, 7) is 1.81. The third-order valence-corrected chi connectivity index (χ3v) is 3.49. The molecule has 0 spiro atoms. The zero-order chi connectivity index (χ0) is 17.8. The maximum Gasteiger partial charge on any atom is 0.269 e. The largest absolute Gasteiger partial charge is 0.326 e. The van der Waals surface area contributed by atoms with Crippen LogP contribution in [-0.2, 0) is 11.2 Å². The van der Waals surface area contributed by atoms with Crippen LogP contribution in [0.15, 0.2) is 48.5 Å². The normalized spacial score (nSPS) is 10.4. The van der Waals surface area contributed by atoms with Gasteiger partial charge in [0.25, 0.3) is 5.69 Å². The summed E-state index contributed by atoms with van der Waals surface area (Å²) in [5, 5.41) is 20.4. The van der Waals surface area contributed by atoms with E-state index in [1.54, 1.807) is 37.3 Å². The molecule has 0 bridgehead atoms. The minimum absolute atomic E-state index is 0.0349. The maximum atomic E-state index is 12.2. The van der Waals surface area contributed by atoms with Gasteiger partial charge in [-0.25, -0.2) is 4.98 Å². The molecule has 8 heteroatoms. The Balaban J connectivity index is 1.71. The molecule has 1 heterocycles. The molecule has 25 heavy (non-hydrogen) atoms. The van der Waals surface area contributed by atoms with Crippen molar-refractivity contribution < 1.29 is 9.72 Å². The summed E-state index contributed by atoms with van der Waals surface area (Å²) >= 11 is 0. The first-order valence-electron chi connectivity index (χ1n) is 7.54. The Morgan fingerprint density at radius 2 is 2.04 bits per heavy atom. The summed E-state index contributed by atoms with van der Waals surface area (Å²) < 4.78 is 0. The van der Waals surface area contributed by atoms with Gasteiger partial charge in [-0.3, -0.25) is 20.0 Å². The summed E-state index contributed by atoms with van der Waals surface area (Å²) in [5.41, 5.74) is 1.92. The highest BCUT2D eigenvalue weighted by atomic mass is 16.6. The number of non-ortho nitro benzene ring substituents is 1. The standard InChI is InChI=1S/C17H15N5O3/c1-11-18-17(21-20-11)13-5-3-6-14(10-13)19-16(23)9-12-4-2-7-15(8-12)22(24)25/h2-8,10H,9H2,1H3,(H,19,23)(H,18,20,21). The van der Waals surface area contributed by atoms with E-state index >= 15 is 0 Å². The lowest BCUT2D eigenvalue weighted by atomic mass is 10.1. The van der Waals surface area contributed by atoms with Crippen molar-refractivity contribution in [3.63, 3.8) is 0 Å². The number of aromatic nitrogens is 3. The van der Waals surface area contributed by atoms with Crippen molar-refractivity contribution in [1.82, 2.24) is 15.2 Å². The number of anilines is 1. The SMILES string of the molecule is Cc1nc(-c2cccc(NC(=O)Cc3cccc([N+](=O)[O-])c3)c2)n[nH]1. The number of nitro benzene ring substituents is 1. The van der Waals surface area contributed by atoms with Crippen LogP contribution in [0.1, 0.15) is 11.4 Å². The van der Waals surface area contributed by atoms with Crippen molar-refractivity contribution in [2.24, 2.45) is 0 Å². The van der Waals surface area contributed by atoms with E-state index in [-0.39, 0.29) is 18.0 Å². The van der Waals surface area contributed by atoms with Crippen LogP contribution in [0.25, 0.3) is 11.4 Å². The quantitative estimate of drug-likeness (QED) is 0.549. The molecule has 0 aliphatic rings. The zero-order valence-electron chi connectivity index (χ0n) is 13.4. The number of nitrogens with one attached hydrogen (secondary N) is 2. The molecule has 3 rings (SSSR count). The molecular formula is C17H15N5O3. The molecule has 0 unspecified atom stereocenters. The second-order valence-corrected chi connectivity index (χ2v) is 5.48. The molecule has 0 aliphatic carbocycles. The van der Waals surface area contributed by atoms with Crippen LogP contribution in [-0.4, -0.2) is 26.0 Å². The van der Waals surface area contributed by atoms with Crippen LogP contribution in [0.3, 0.4) is 0 Å². The molecule has 2 N–H and O–H groups in total. The van der Waals surface area contributed by atoms with Gasteiger partial charge in [0.05, 0.1) is 11.3 Å². The van der Waals surface area contributed by atoms with Crippen molar-refractivity contribution in [2.75, 3.05) is 5.32 Å². The van der Waals surface area contributed by atoms with E-state index in [9.17, 15) is 14.9 Å². The van der Waals surface area contributed by atoms with Crippen molar-refractivity contribution in [1.29, 1.82) is 0 Å². The van der Waals surface area contributed by atoms with E-state index < -0.39 is 4.92 Å². The van der Waals surface area contributed by atoms with E-state index in [2.05, 4.69) is 20.5 Å². The lowest BCUT2D eigenvalue weighted by Crippen LogP contribution is -2.14. The second kappa shape index (κ2) is 6.91. The lowest BCUT2D eigenvalue weighted by Gasteiger charge is -2.06. The number of hydrogen-bond acceptors (Lipinski definition) is 5. The van der Waals surface area contributed by atoms with E-state index in [1.165, 1.54) is 12.1 Å². The van der Waals surface area contributed by atoms with Gasteiger partial charge in [0.2, 0.25) is 5.91 Å².